The fraction of sp³-hybridized carbons (Fsp3) is 0.333. The summed E-state index contributed by atoms with van der Waals surface area (Å²) in [6.45, 7) is 8.80. The van der Waals surface area contributed by atoms with Gasteiger partial charge in [0, 0.05) is 47.0 Å². The highest BCUT2D eigenvalue weighted by Crippen LogP contribution is 2.43. The fourth-order valence-corrected chi connectivity index (χ4v) is 5.80. The Morgan fingerprint density at radius 3 is 2.26 bits per heavy atom. The van der Waals surface area contributed by atoms with Crippen LogP contribution in [0, 0.1) is 9.39 Å². The molecule has 3 aromatic carbocycles. The van der Waals surface area contributed by atoms with Crippen LogP contribution in [0.3, 0.4) is 0 Å². The van der Waals surface area contributed by atoms with Crippen LogP contribution in [-0.2, 0) is 6.42 Å². The Kier molecular flexibility index (Phi) is 7.17. The third kappa shape index (κ3) is 4.98. The molecule has 0 saturated carbocycles. The van der Waals surface area contributed by atoms with Gasteiger partial charge in [-0.05, 0) is 114 Å². The summed E-state index contributed by atoms with van der Waals surface area (Å²) in [6.07, 6.45) is 1.70. The van der Waals surface area contributed by atoms with Crippen molar-refractivity contribution in [3.05, 3.63) is 92.3 Å². The van der Waals surface area contributed by atoms with Crippen molar-refractivity contribution >= 4 is 39.4 Å². The Bertz CT molecular complexity index is 1240. The molecular weight excluding hydrogens is 550 g/mol. The van der Waals surface area contributed by atoms with Crippen LogP contribution in [0.2, 0.25) is 0 Å². The minimum absolute atomic E-state index is 0.157. The number of ether oxygens (including phenoxy) is 1. The molecule has 1 aliphatic carbocycles. The number of allylic oxidation sites excluding steroid dienone is 1. The summed E-state index contributed by atoms with van der Waals surface area (Å²) in [6, 6.07) is 21.3. The highest BCUT2D eigenvalue weighted by Gasteiger charge is 2.25. The van der Waals surface area contributed by atoms with Gasteiger partial charge in [0.2, 0.25) is 0 Å². The van der Waals surface area contributed by atoms with E-state index in [9.17, 15) is 0 Å². The predicted molar refractivity (Wildman–Crippen MR) is 152 cm³/mol. The van der Waals surface area contributed by atoms with Crippen LogP contribution in [0.4, 0.5) is 10.1 Å². The molecule has 1 saturated heterocycles. The predicted octanol–water partition coefficient (Wildman–Crippen LogP) is 6.87. The van der Waals surface area contributed by atoms with Gasteiger partial charge < -0.3 is 9.64 Å². The van der Waals surface area contributed by atoms with Crippen molar-refractivity contribution in [1.82, 2.24) is 4.90 Å². The standard InChI is InChI=1S/C30H32FIN2O/c1-20(2)33-14-16-34(17-15-33)24-9-4-22(5-10-24)30-27(26-13-8-23(32)18-29(26)31)12-7-21-6-11-25(35-3)19-28(21)30/h4-6,8-11,13,18-20H,7,12,14-17H2,1-3H3. The normalized spacial score (nSPS) is 16.6. The maximum absolute atomic E-state index is 15.2. The van der Waals surface area contributed by atoms with Crippen LogP contribution in [0.25, 0.3) is 11.1 Å². The number of hydrogen-bond acceptors (Lipinski definition) is 3. The minimum atomic E-state index is -0.157. The van der Waals surface area contributed by atoms with E-state index in [-0.39, 0.29) is 5.82 Å². The quantitative estimate of drug-likeness (QED) is 0.306. The maximum Gasteiger partial charge on any atom is 0.131 e. The molecule has 0 aromatic heterocycles. The number of methoxy groups -OCH3 is 1. The Balaban J connectivity index is 1.56. The zero-order valence-corrected chi connectivity index (χ0v) is 22.8. The molecule has 35 heavy (non-hydrogen) atoms. The van der Waals surface area contributed by atoms with Crippen molar-refractivity contribution in [1.29, 1.82) is 0 Å². The van der Waals surface area contributed by atoms with Crippen molar-refractivity contribution < 1.29 is 9.13 Å². The number of nitrogens with zero attached hydrogens (tertiary/aromatic N) is 2. The van der Waals surface area contributed by atoms with E-state index in [0.717, 1.165) is 70.6 Å². The van der Waals surface area contributed by atoms with Gasteiger partial charge in [0.15, 0.2) is 0 Å². The van der Waals surface area contributed by atoms with Crippen molar-refractivity contribution in [3.63, 3.8) is 0 Å². The highest BCUT2D eigenvalue weighted by atomic mass is 127. The van der Waals surface area contributed by atoms with Crippen LogP contribution in [-0.4, -0.2) is 44.2 Å². The third-order valence-corrected chi connectivity index (χ3v) is 8.03. The second-order valence-electron chi connectivity index (χ2n) is 9.66. The molecule has 182 valence electrons. The molecule has 2 aliphatic rings. The number of fused-ring (bicyclic) bond motifs is 1. The Labute approximate surface area is 221 Å². The molecule has 0 amide bonds. The number of hydrogen-bond donors (Lipinski definition) is 0. The van der Waals surface area contributed by atoms with Gasteiger partial charge in [0.25, 0.3) is 0 Å². The van der Waals surface area contributed by atoms with Crippen molar-refractivity contribution in [2.24, 2.45) is 0 Å². The largest absolute Gasteiger partial charge is 0.497 e. The topological polar surface area (TPSA) is 15.7 Å². The summed E-state index contributed by atoms with van der Waals surface area (Å²) in [4.78, 5) is 5.00. The number of piperazine rings is 1. The van der Waals surface area contributed by atoms with Crippen molar-refractivity contribution in [3.8, 4) is 5.75 Å². The van der Waals surface area contributed by atoms with E-state index in [1.165, 1.54) is 11.3 Å². The first kappa shape index (κ1) is 24.3. The lowest BCUT2D eigenvalue weighted by Crippen LogP contribution is -2.48. The van der Waals surface area contributed by atoms with E-state index in [0.29, 0.717) is 11.6 Å². The molecule has 0 bridgehead atoms. The molecule has 5 rings (SSSR count). The molecule has 3 nitrogen and oxygen atoms in total. The van der Waals surface area contributed by atoms with Crippen molar-refractivity contribution in [2.45, 2.75) is 32.7 Å². The summed E-state index contributed by atoms with van der Waals surface area (Å²) >= 11 is 2.17. The number of rotatable bonds is 5. The van der Waals surface area contributed by atoms with E-state index >= 15 is 4.39 Å². The molecule has 1 aliphatic heterocycles. The molecule has 0 spiro atoms. The Morgan fingerprint density at radius 2 is 1.60 bits per heavy atom. The van der Waals surface area contributed by atoms with Gasteiger partial charge in [0.1, 0.15) is 11.6 Å². The zero-order valence-electron chi connectivity index (χ0n) is 20.7. The molecule has 0 radical (unpaired) electrons. The van der Waals surface area contributed by atoms with Gasteiger partial charge in [-0.3, -0.25) is 4.90 Å². The van der Waals surface area contributed by atoms with Crippen LogP contribution < -0.4 is 9.64 Å². The van der Waals surface area contributed by atoms with E-state index in [1.54, 1.807) is 13.2 Å². The lowest BCUT2D eigenvalue weighted by molar-refractivity contribution is 0.209. The number of aryl methyl sites for hydroxylation is 1. The molecule has 1 fully saturated rings. The molecule has 1 heterocycles. The maximum atomic E-state index is 15.2. The van der Waals surface area contributed by atoms with Crippen LogP contribution in [0.5, 0.6) is 5.75 Å². The molecule has 3 aromatic rings. The summed E-state index contributed by atoms with van der Waals surface area (Å²) in [7, 11) is 1.70. The van der Waals surface area contributed by atoms with Crippen LogP contribution >= 0.6 is 22.6 Å². The molecule has 0 N–H and O–H groups in total. The summed E-state index contributed by atoms with van der Waals surface area (Å²) in [5, 5.41) is 0. The van der Waals surface area contributed by atoms with Gasteiger partial charge in [-0.2, -0.15) is 0 Å². The van der Waals surface area contributed by atoms with Crippen LogP contribution in [0.15, 0.2) is 60.7 Å². The SMILES string of the molecule is COc1ccc2c(c1)C(c1ccc(N3CCN(C(C)C)CC3)cc1)=C(c1ccc(I)cc1F)CC2. The van der Waals surface area contributed by atoms with Gasteiger partial charge in [-0.25, -0.2) is 4.39 Å². The van der Waals surface area contributed by atoms with E-state index in [1.807, 2.05) is 18.2 Å². The highest BCUT2D eigenvalue weighted by molar-refractivity contribution is 14.1. The lowest BCUT2D eigenvalue weighted by atomic mass is 9.79. The third-order valence-electron chi connectivity index (χ3n) is 7.35. The first-order valence-electron chi connectivity index (χ1n) is 12.4. The fourth-order valence-electron chi connectivity index (χ4n) is 5.35. The van der Waals surface area contributed by atoms with Crippen molar-refractivity contribution in [2.75, 3.05) is 38.2 Å². The van der Waals surface area contributed by atoms with Gasteiger partial charge in [-0.1, -0.05) is 24.3 Å². The second-order valence-corrected chi connectivity index (χ2v) is 10.9. The molecule has 0 unspecified atom stereocenters. The van der Waals surface area contributed by atoms with E-state index in [4.69, 9.17) is 4.74 Å². The Hall–Kier alpha value is -2.38. The van der Waals surface area contributed by atoms with Gasteiger partial charge in [0.05, 0.1) is 7.11 Å². The first-order chi connectivity index (χ1) is 16.9. The van der Waals surface area contributed by atoms with Gasteiger partial charge >= 0.3 is 0 Å². The average molecular weight is 583 g/mol. The van der Waals surface area contributed by atoms with Crippen LogP contribution in [0.1, 0.15) is 42.5 Å². The Morgan fingerprint density at radius 1 is 0.857 bits per heavy atom. The first-order valence-corrected chi connectivity index (χ1v) is 13.5. The monoisotopic (exact) mass is 582 g/mol. The summed E-state index contributed by atoms with van der Waals surface area (Å²) in [5.74, 6) is 0.667. The smallest absolute Gasteiger partial charge is 0.131 e. The zero-order chi connectivity index (χ0) is 24.5. The minimum Gasteiger partial charge on any atom is -0.497 e. The second kappa shape index (κ2) is 10.3. The molecular formula is C30H32FIN2O. The number of benzene rings is 3. The summed E-state index contributed by atoms with van der Waals surface area (Å²) < 4.78 is 21.6. The lowest BCUT2D eigenvalue weighted by Gasteiger charge is -2.38. The molecule has 0 atom stereocenters. The van der Waals surface area contributed by atoms with E-state index < -0.39 is 0 Å². The molecule has 5 heteroatoms. The number of anilines is 1. The average Bonchev–Trinajstić information content (AvgIpc) is 2.88. The van der Waals surface area contributed by atoms with E-state index in [2.05, 4.69) is 82.6 Å². The van der Waals surface area contributed by atoms with Gasteiger partial charge in [-0.15, -0.1) is 0 Å². The number of halogens is 2. The summed E-state index contributed by atoms with van der Waals surface area (Å²) in [5.41, 5.74) is 7.67.